The van der Waals surface area contributed by atoms with Crippen molar-refractivity contribution >= 4 is 33.7 Å². The van der Waals surface area contributed by atoms with Gasteiger partial charge in [-0.05, 0) is 20.3 Å². The number of nitrogens with one attached hydrogen (secondary N) is 1. The van der Waals surface area contributed by atoms with E-state index in [-0.39, 0.29) is 5.91 Å². The minimum absolute atomic E-state index is 0.217. The van der Waals surface area contributed by atoms with Gasteiger partial charge in [0.25, 0.3) is 5.91 Å². The molecule has 0 radical (unpaired) electrons. The average molecular weight is 268 g/mol. The van der Waals surface area contributed by atoms with E-state index in [1.54, 1.807) is 0 Å². The van der Waals surface area contributed by atoms with Crippen LogP contribution in [0.15, 0.2) is 0 Å². The van der Waals surface area contributed by atoms with E-state index < -0.39 is 0 Å². The molecule has 0 unspecified atom stereocenters. The minimum Gasteiger partial charge on any atom is -0.295 e. The maximum absolute atomic E-state index is 11.9. The monoisotopic (exact) mass is 268 g/mol. The van der Waals surface area contributed by atoms with Crippen molar-refractivity contribution in [3.05, 3.63) is 20.6 Å². The standard InChI is InChI=1S/C10H12N4OS2/c1-4-7-13-14-10(17-7)12-9(15)8-5(2)16-6(3)11-8/h4H2,1-3H3,(H,12,14,15). The molecule has 0 atom stereocenters. The quantitative estimate of drug-likeness (QED) is 0.928. The molecule has 2 aromatic heterocycles. The van der Waals surface area contributed by atoms with Gasteiger partial charge in [0, 0.05) is 4.88 Å². The molecule has 0 fully saturated rings. The molecule has 0 aliphatic heterocycles. The van der Waals surface area contributed by atoms with Crippen molar-refractivity contribution in [3.63, 3.8) is 0 Å². The fourth-order valence-electron chi connectivity index (χ4n) is 1.34. The van der Waals surface area contributed by atoms with Gasteiger partial charge in [-0.25, -0.2) is 4.98 Å². The minimum atomic E-state index is -0.217. The van der Waals surface area contributed by atoms with Crippen molar-refractivity contribution < 1.29 is 4.79 Å². The van der Waals surface area contributed by atoms with Gasteiger partial charge >= 0.3 is 0 Å². The molecule has 0 aliphatic rings. The molecule has 5 nitrogen and oxygen atoms in total. The Labute approximate surface area is 107 Å². The van der Waals surface area contributed by atoms with E-state index in [0.717, 1.165) is 21.3 Å². The zero-order valence-corrected chi connectivity index (χ0v) is 11.4. The van der Waals surface area contributed by atoms with Crippen LogP contribution < -0.4 is 5.32 Å². The van der Waals surface area contributed by atoms with Crippen molar-refractivity contribution in [1.82, 2.24) is 15.2 Å². The first-order valence-corrected chi connectivity index (χ1v) is 6.81. The van der Waals surface area contributed by atoms with Crippen molar-refractivity contribution in [1.29, 1.82) is 0 Å². The van der Waals surface area contributed by atoms with E-state index in [0.29, 0.717) is 10.8 Å². The lowest BCUT2D eigenvalue weighted by atomic mass is 10.3. The van der Waals surface area contributed by atoms with Gasteiger partial charge < -0.3 is 0 Å². The van der Waals surface area contributed by atoms with Crippen LogP contribution in [0.25, 0.3) is 0 Å². The maximum atomic E-state index is 11.9. The van der Waals surface area contributed by atoms with Crippen LogP contribution in [-0.4, -0.2) is 21.1 Å². The summed E-state index contributed by atoms with van der Waals surface area (Å²) in [5, 5.41) is 12.9. The SMILES string of the molecule is CCc1nnc(NC(=O)c2nc(C)sc2C)s1. The van der Waals surface area contributed by atoms with E-state index in [1.165, 1.54) is 22.7 Å². The molecule has 0 aromatic carbocycles. The Balaban J connectivity index is 2.14. The summed E-state index contributed by atoms with van der Waals surface area (Å²) in [6.45, 7) is 5.77. The highest BCUT2D eigenvalue weighted by Gasteiger charge is 2.15. The van der Waals surface area contributed by atoms with Crippen LogP contribution in [0.2, 0.25) is 0 Å². The van der Waals surface area contributed by atoms with Gasteiger partial charge in [0.2, 0.25) is 5.13 Å². The van der Waals surface area contributed by atoms with Gasteiger partial charge in [0.15, 0.2) is 0 Å². The lowest BCUT2D eigenvalue weighted by molar-refractivity contribution is 0.102. The molecule has 1 amide bonds. The summed E-state index contributed by atoms with van der Waals surface area (Å²) in [5.74, 6) is -0.217. The van der Waals surface area contributed by atoms with Gasteiger partial charge in [0.1, 0.15) is 10.7 Å². The first-order valence-electron chi connectivity index (χ1n) is 5.18. The van der Waals surface area contributed by atoms with Gasteiger partial charge in [-0.1, -0.05) is 18.3 Å². The summed E-state index contributed by atoms with van der Waals surface area (Å²) in [7, 11) is 0. The van der Waals surface area contributed by atoms with Crippen LogP contribution in [0.4, 0.5) is 5.13 Å². The second-order valence-corrected chi connectivity index (χ2v) is 5.92. The highest BCUT2D eigenvalue weighted by Crippen LogP contribution is 2.20. The highest BCUT2D eigenvalue weighted by molar-refractivity contribution is 7.15. The number of carbonyl (C=O) groups excluding carboxylic acids is 1. The van der Waals surface area contributed by atoms with Crippen LogP contribution in [0.1, 0.15) is 32.3 Å². The Morgan fingerprint density at radius 3 is 2.59 bits per heavy atom. The predicted molar refractivity (Wildman–Crippen MR) is 68.8 cm³/mol. The number of thiazole rings is 1. The summed E-state index contributed by atoms with van der Waals surface area (Å²) < 4.78 is 0. The molecule has 0 spiro atoms. The van der Waals surface area contributed by atoms with Crippen LogP contribution in [0, 0.1) is 13.8 Å². The largest absolute Gasteiger partial charge is 0.295 e. The third-order valence-corrected chi connectivity index (χ3v) is 3.98. The number of hydrogen-bond acceptors (Lipinski definition) is 6. The third kappa shape index (κ3) is 2.67. The first-order chi connectivity index (χ1) is 8.10. The van der Waals surface area contributed by atoms with Crippen LogP contribution in [0.5, 0.6) is 0 Å². The zero-order valence-electron chi connectivity index (χ0n) is 9.77. The fraction of sp³-hybridized carbons (Fsp3) is 0.400. The zero-order chi connectivity index (χ0) is 12.4. The molecule has 2 heterocycles. The number of carbonyl (C=O) groups is 1. The Morgan fingerprint density at radius 2 is 2.06 bits per heavy atom. The maximum Gasteiger partial charge on any atom is 0.277 e. The van der Waals surface area contributed by atoms with E-state index in [9.17, 15) is 4.79 Å². The Hall–Kier alpha value is -1.34. The number of rotatable bonds is 3. The summed E-state index contributed by atoms with van der Waals surface area (Å²) in [6.07, 6.45) is 0.822. The number of hydrogen-bond donors (Lipinski definition) is 1. The Kier molecular flexibility index (Phi) is 3.49. The van der Waals surface area contributed by atoms with E-state index >= 15 is 0 Å². The Morgan fingerprint density at radius 1 is 1.29 bits per heavy atom. The molecule has 17 heavy (non-hydrogen) atoms. The van der Waals surface area contributed by atoms with E-state index in [4.69, 9.17) is 0 Å². The fourth-order valence-corrected chi connectivity index (χ4v) is 2.83. The number of nitrogens with zero attached hydrogens (tertiary/aromatic N) is 3. The molecule has 2 aromatic rings. The second-order valence-electron chi connectivity index (χ2n) is 3.45. The lowest BCUT2D eigenvalue weighted by Crippen LogP contribution is -2.13. The number of amides is 1. The second kappa shape index (κ2) is 4.89. The summed E-state index contributed by atoms with van der Waals surface area (Å²) in [4.78, 5) is 17.0. The molecule has 0 saturated heterocycles. The van der Waals surface area contributed by atoms with E-state index in [2.05, 4.69) is 20.5 Å². The average Bonchev–Trinajstić information content (AvgIpc) is 2.85. The molecule has 0 aliphatic carbocycles. The molecule has 0 saturated carbocycles. The highest BCUT2D eigenvalue weighted by atomic mass is 32.1. The van der Waals surface area contributed by atoms with Gasteiger partial charge in [-0.2, -0.15) is 0 Å². The smallest absolute Gasteiger partial charge is 0.277 e. The van der Waals surface area contributed by atoms with Crippen molar-refractivity contribution in [2.45, 2.75) is 27.2 Å². The summed E-state index contributed by atoms with van der Waals surface area (Å²) in [6, 6.07) is 0. The lowest BCUT2D eigenvalue weighted by Gasteiger charge is -1.97. The third-order valence-electron chi connectivity index (χ3n) is 2.11. The number of aryl methyl sites for hydroxylation is 3. The topological polar surface area (TPSA) is 67.8 Å². The number of anilines is 1. The molecular weight excluding hydrogens is 256 g/mol. The first kappa shape index (κ1) is 12.1. The van der Waals surface area contributed by atoms with E-state index in [1.807, 2.05) is 20.8 Å². The number of aromatic nitrogens is 3. The van der Waals surface area contributed by atoms with Crippen LogP contribution >= 0.6 is 22.7 Å². The van der Waals surface area contributed by atoms with Crippen molar-refractivity contribution in [3.8, 4) is 0 Å². The molecule has 0 bridgehead atoms. The molecular formula is C10H12N4OS2. The van der Waals surface area contributed by atoms with Crippen LogP contribution in [0.3, 0.4) is 0 Å². The molecule has 7 heteroatoms. The van der Waals surface area contributed by atoms with Crippen molar-refractivity contribution in [2.75, 3.05) is 5.32 Å². The Bertz CT molecular complexity index is 546. The normalized spacial score (nSPS) is 10.5. The molecule has 1 N–H and O–H groups in total. The van der Waals surface area contributed by atoms with Gasteiger partial charge in [-0.15, -0.1) is 21.5 Å². The molecule has 90 valence electrons. The van der Waals surface area contributed by atoms with Gasteiger partial charge in [0.05, 0.1) is 5.01 Å². The van der Waals surface area contributed by atoms with Gasteiger partial charge in [-0.3, -0.25) is 10.1 Å². The van der Waals surface area contributed by atoms with Crippen LogP contribution in [-0.2, 0) is 6.42 Å². The summed E-state index contributed by atoms with van der Waals surface area (Å²) >= 11 is 2.90. The summed E-state index contributed by atoms with van der Waals surface area (Å²) in [5.41, 5.74) is 0.473. The molecule has 2 rings (SSSR count). The predicted octanol–water partition coefficient (Wildman–Crippen LogP) is 2.43. The van der Waals surface area contributed by atoms with Crippen molar-refractivity contribution in [2.24, 2.45) is 0 Å².